The van der Waals surface area contributed by atoms with Gasteiger partial charge in [-0.05, 0) is 58.1 Å². The third-order valence-electron chi connectivity index (χ3n) is 5.48. The van der Waals surface area contributed by atoms with Crippen LogP contribution < -0.4 is 15.8 Å². The Kier molecular flexibility index (Phi) is 5.76. The van der Waals surface area contributed by atoms with Crippen molar-refractivity contribution in [3.63, 3.8) is 0 Å². The molecule has 0 aromatic carbocycles. The second-order valence-corrected chi connectivity index (χ2v) is 7.53. The van der Waals surface area contributed by atoms with Crippen molar-refractivity contribution in [1.82, 2.24) is 25.3 Å². The van der Waals surface area contributed by atoms with E-state index in [1.165, 1.54) is 15.9 Å². The molecule has 2 aromatic heterocycles. The largest absolute Gasteiger partial charge is 0.370 e. The van der Waals surface area contributed by atoms with Gasteiger partial charge < -0.3 is 10.2 Å². The fraction of sp³-hybridized carbons (Fsp3) is 0.632. The van der Waals surface area contributed by atoms with Crippen LogP contribution >= 0.6 is 0 Å². The minimum Gasteiger partial charge on any atom is -0.370 e. The average Bonchev–Trinajstić information content (AvgIpc) is 2.95. The lowest BCUT2D eigenvalue weighted by Crippen LogP contribution is -2.40. The first-order chi connectivity index (χ1) is 12.4. The Morgan fingerprint density at radius 3 is 2.69 bits per heavy atom. The molecule has 2 aromatic rings. The Balaban J connectivity index is 1.45. The van der Waals surface area contributed by atoms with Crippen LogP contribution in [0.4, 0.5) is 5.69 Å². The van der Waals surface area contributed by atoms with Crippen LogP contribution in [0.1, 0.15) is 36.7 Å². The monoisotopic (exact) mass is 358 g/mol. The van der Waals surface area contributed by atoms with Crippen molar-refractivity contribution in [3.8, 4) is 0 Å². The zero-order valence-electron chi connectivity index (χ0n) is 16.2. The summed E-state index contributed by atoms with van der Waals surface area (Å²) < 4.78 is 1.37. The highest BCUT2D eigenvalue weighted by molar-refractivity contribution is 5.43. The third-order valence-corrected chi connectivity index (χ3v) is 5.48. The number of aromatic amines is 1. The van der Waals surface area contributed by atoms with Crippen LogP contribution in [0.5, 0.6) is 0 Å². The van der Waals surface area contributed by atoms with E-state index in [1.807, 2.05) is 0 Å². The summed E-state index contributed by atoms with van der Waals surface area (Å²) in [6.45, 7) is 9.40. The number of H-pyrrole nitrogens is 1. The van der Waals surface area contributed by atoms with Crippen LogP contribution in [0.2, 0.25) is 0 Å². The summed E-state index contributed by atoms with van der Waals surface area (Å²) in [5.74, 6) is 0.680. The molecule has 0 saturated carbocycles. The number of nitrogens with zero attached hydrogens (tertiary/aromatic N) is 4. The maximum Gasteiger partial charge on any atom is 0.268 e. The molecule has 0 amide bonds. The van der Waals surface area contributed by atoms with E-state index >= 15 is 0 Å². The molecule has 0 aliphatic carbocycles. The minimum atomic E-state index is -0.0510. The summed E-state index contributed by atoms with van der Waals surface area (Å²) in [6.07, 6.45) is 5.07. The SMILES string of the molecule is Cc1n[nH]c(C)c1CC(C)NCC1CCN(c2cnn(C)c(=O)c2)CC1. The van der Waals surface area contributed by atoms with Crippen LogP contribution in [-0.2, 0) is 13.5 Å². The van der Waals surface area contributed by atoms with E-state index in [2.05, 4.69) is 46.3 Å². The van der Waals surface area contributed by atoms with Gasteiger partial charge in [0.25, 0.3) is 5.56 Å². The van der Waals surface area contributed by atoms with E-state index in [4.69, 9.17) is 0 Å². The summed E-state index contributed by atoms with van der Waals surface area (Å²) in [5, 5.41) is 15.2. The molecule has 3 rings (SSSR count). The first kappa shape index (κ1) is 18.6. The molecule has 1 aliphatic heterocycles. The van der Waals surface area contributed by atoms with E-state index < -0.39 is 0 Å². The number of hydrogen-bond donors (Lipinski definition) is 2. The standard InChI is InChI=1S/C19H30N6O/c1-13(9-18-14(2)22-23-15(18)3)20-11-16-5-7-25(8-6-16)17-10-19(26)24(4)21-12-17/h10,12-13,16,20H,5-9,11H2,1-4H3,(H,22,23). The molecule has 7 nitrogen and oxygen atoms in total. The highest BCUT2D eigenvalue weighted by Gasteiger charge is 2.21. The quantitative estimate of drug-likeness (QED) is 0.819. The van der Waals surface area contributed by atoms with E-state index in [9.17, 15) is 4.79 Å². The van der Waals surface area contributed by atoms with Gasteiger partial charge >= 0.3 is 0 Å². The number of aromatic nitrogens is 4. The van der Waals surface area contributed by atoms with Gasteiger partial charge in [-0.2, -0.15) is 10.2 Å². The first-order valence-electron chi connectivity index (χ1n) is 9.46. The molecule has 7 heteroatoms. The van der Waals surface area contributed by atoms with Crippen molar-refractivity contribution in [2.45, 2.75) is 46.1 Å². The highest BCUT2D eigenvalue weighted by Crippen LogP contribution is 2.21. The van der Waals surface area contributed by atoms with Crippen molar-refractivity contribution in [2.75, 3.05) is 24.5 Å². The number of piperidine rings is 1. The fourth-order valence-electron chi connectivity index (χ4n) is 3.65. The Morgan fingerprint density at radius 1 is 1.35 bits per heavy atom. The van der Waals surface area contributed by atoms with Crippen LogP contribution in [-0.4, -0.2) is 45.7 Å². The molecule has 0 bridgehead atoms. The second kappa shape index (κ2) is 8.03. The molecule has 142 valence electrons. The smallest absolute Gasteiger partial charge is 0.268 e. The minimum absolute atomic E-state index is 0.0510. The van der Waals surface area contributed by atoms with Gasteiger partial charge in [-0.3, -0.25) is 9.89 Å². The van der Waals surface area contributed by atoms with Crippen molar-refractivity contribution < 1.29 is 0 Å². The Labute approximate surface area is 154 Å². The summed E-state index contributed by atoms with van der Waals surface area (Å²) >= 11 is 0. The summed E-state index contributed by atoms with van der Waals surface area (Å²) in [5.41, 5.74) is 4.50. The second-order valence-electron chi connectivity index (χ2n) is 7.53. The van der Waals surface area contributed by atoms with Crippen LogP contribution in [0.15, 0.2) is 17.1 Å². The topological polar surface area (TPSA) is 78.8 Å². The van der Waals surface area contributed by atoms with E-state index in [-0.39, 0.29) is 5.56 Å². The molecule has 1 fully saturated rings. The Hall–Kier alpha value is -2.15. The molecular formula is C19H30N6O. The zero-order chi connectivity index (χ0) is 18.7. The fourth-order valence-corrected chi connectivity index (χ4v) is 3.65. The molecule has 0 radical (unpaired) electrons. The van der Waals surface area contributed by atoms with E-state index in [0.29, 0.717) is 12.0 Å². The molecule has 1 aliphatic rings. The predicted octanol–water partition coefficient (Wildman–Crippen LogP) is 1.56. The van der Waals surface area contributed by atoms with Gasteiger partial charge in [-0.1, -0.05) is 0 Å². The maximum absolute atomic E-state index is 11.8. The lowest BCUT2D eigenvalue weighted by atomic mass is 9.95. The number of rotatable bonds is 6. The zero-order valence-corrected chi connectivity index (χ0v) is 16.2. The summed E-state index contributed by atoms with van der Waals surface area (Å²) in [6, 6.07) is 2.12. The van der Waals surface area contributed by atoms with Crippen LogP contribution in [0, 0.1) is 19.8 Å². The maximum atomic E-state index is 11.8. The molecule has 1 unspecified atom stereocenters. The number of nitrogens with one attached hydrogen (secondary N) is 2. The molecule has 0 spiro atoms. The summed E-state index contributed by atoms with van der Waals surface area (Å²) in [4.78, 5) is 14.0. The first-order valence-corrected chi connectivity index (χ1v) is 9.46. The number of hydrogen-bond acceptors (Lipinski definition) is 5. The van der Waals surface area contributed by atoms with Gasteiger partial charge in [0.2, 0.25) is 0 Å². The number of anilines is 1. The van der Waals surface area contributed by atoms with Gasteiger partial charge in [0.1, 0.15) is 0 Å². The van der Waals surface area contributed by atoms with Gasteiger partial charge in [0, 0.05) is 37.9 Å². The van der Waals surface area contributed by atoms with Crippen molar-refractivity contribution >= 4 is 5.69 Å². The molecule has 3 heterocycles. The van der Waals surface area contributed by atoms with Gasteiger partial charge in [-0.15, -0.1) is 0 Å². The van der Waals surface area contributed by atoms with E-state index in [1.54, 1.807) is 19.3 Å². The third kappa shape index (κ3) is 4.33. The van der Waals surface area contributed by atoms with Gasteiger partial charge in [-0.25, -0.2) is 4.68 Å². The Morgan fingerprint density at radius 2 is 2.08 bits per heavy atom. The lowest BCUT2D eigenvalue weighted by Gasteiger charge is -2.34. The molecule has 2 N–H and O–H groups in total. The molecule has 1 atom stereocenters. The van der Waals surface area contributed by atoms with E-state index in [0.717, 1.165) is 50.3 Å². The molecule has 26 heavy (non-hydrogen) atoms. The highest BCUT2D eigenvalue weighted by atomic mass is 16.1. The average molecular weight is 358 g/mol. The van der Waals surface area contributed by atoms with Crippen molar-refractivity contribution in [2.24, 2.45) is 13.0 Å². The predicted molar refractivity (Wildman–Crippen MR) is 104 cm³/mol. The van der Waals surface area contributed by atoms with Crippen LogP contribution in [0.25, 0.3) is 0 Å². The van der Waals surface area contributed by atoms with Gasteiger partial charge in [0.05, 0.1) is 17.6 Å². The van der Waals surface area contributed by atoms with Crippen molar-refractivity contribution in [1.29, 1.82) is 0 Å². The lowest BCUT2D eigenvalue weighted by molar-refractivity contribution is 0.364. The molecule has 1 saturated heterocycles. The van der Waals surface area contributed by atoms with Crippen molar-refractivity contribution in [3.05, 3.63) is 39.6 Å². The van der Waals surface area contributed by atoms with Gasteiger partial charge in [0.15, 0.2) is 0 Å². The number of aryl methyl sites for hydroxylation is 3. The molecular weight excluding hydrogens is 328 g/mol. The summed E-state index contributed by atoms with van der Waals surface area (Å²) in [7, 11) is 1.68. The normalized spacial score (nSPS) is 16.8. The Bertz CT molecular complexity index is 768. The van der Waals surface area contributed by atoms with Crippen LogP contribution in [0.3, 0.4) is 0 Å².